The van der Waals surface area contributed by atoms with Crippen molar-refractivity contribution in [2.45, 2.75) is 6.54 Å². The highest BCUT2D eigenvalue weighted by Gasteiger charge is 2.13. The first-order valence-corrected chi connectivity index (χ1v) is 7.19. The van der Waals surface area contributed by atoms with Gasteiger partial charge in [-0.15, -0.1) is 0 Å². The molecule has 3 aromatic rings. The Kier molecular flexibility index (Phi) is 4.05. The maximum Gasteiger partial charge on any atom is 0.254 e. The molecule has 0 spiro atoms. The predicted molar refractivity (Wildman–Crippen MR) is 88.0 cm³/mol. The van der Waals surface area contributed by atoms with E-state index in [4.69, 9.17) is 5.73 Å². The van der Waals surface area contributed by atoms with Crippen molar-refractivity contribution in [3.63, 3.8) is 0 Å². The largest absolute Gasteiger partial charge is 0.384 e. The molecule has 0 fully saturated rings. The lowest BCUT2D eigenvalue weighted by molar-refractivity contribution is 0.0785. The molecule has 2 heterocycles. The number of amides is 1. The molecule has 1 aromatic carbocycles. The molecule has 116 valence electrons. The highest BCUT2D eigenvalue weighted by molar-refractivity contribution is 5.94. The second-order valence-corrected chi connectivity index (χ2v) is 5.25. The van der Waals surface area contributed by atoms with Crippen LogP contribution in [0.1, 0.15) is 15.9 Å². The van der Waals surface area contributed by atoms with Gasteiger partial charge in [0.05, 0.1) is 5.69 Å². The van der Waals surface area contributed by atoms with Crippen molar-refractivity contribution in [2.75, 3.05) is 12.8 Å². The van der Waals surface area contributed by atoms with Crippen molar-refractivity contribution in [1.29, 1.82) is 0 Å². The van der Waals surface area contributed by atoms with Crippen LogP contribution in [0.3, 0.4) is 0 Å². The fraction of sp³-hybridized carbons (Fsp3) is 0.118. The molecule has 0 saturated heterocycles. The second-order valence-electron chi connectivity index (χ2n) is 5.25. The van der Waals surface area contributed by atoms with Gasteiger partial charge in [0, 0.05) is 37.7 Å². The van der Waals surface area contributed by atoms with E-state index in [2.05, 4.69) is 10.1 Å². The summed E-state index contributed by atoms with van der Waals surface area (Å²) in [6.45, 7) is 0.496. The molecular weight excluding hydrogens is 290 g/mol. The molecule has 0 aliphatic heterocycles. The summed E-state index contributed by atoms with van der Waals surface area (Å²) < 4.78 is 1.79. The molecule has 23 heavy (non-hydrogen) atoms. The van der Waals surface area contributed by atoms with Crippen molar-refractivity contribution >= 4 is 11.7 Å². The summed E-state index contributed by atoms with van der Waals surface area (Å²) in [4.78, 5) is 18.0. The minimum absolute atomic E-state index is 0.0939. The highest BCUT2D eigenvalue weighted by atomic mass is 16.2. The summed E-state index contributed by atoms with van der Waals surface area (Å²) in [5.74, 6) is 0.244. The molecule has 0 saturated carbocycles. The van der Waals surface area contributed by atoms with Gasteiger partial charge in [0.15, 0.2) is 0 Å². The van der Waals surface area contributed by atoms with Gasteiger partial charge in [0.2, 0.25) is 0 Å². The zero-order valence-electron chi connectivity index (χ0n) is 12.8. The number of carbonyl (C=O) groups is 1. The Hall–Kier alpha value is -3.15. The Labute approximate surface area is 134 Å². The van der Waals surface area contributed by atoms with Crippen LogP contribution in [0.5, 0.6) is 0 Å². The average Bonchev–Trinajstić information content (AvgIpc) is 3.09. The summed E-state index contributed by atoms with van der Waals surface area (Å²) in [6, 6.07) is 13.0. The van der Waals surface area contributed by atoms with Gasteiger partial charge >= 0.3 is 0 Å². The number of hydrogen-bond donors (Lipinski definition) is 1. The number of benzene rings is 1. The number of rotatable bonds is 4. The number of anilines is 1. The van der Waals surface area contributed by atoms with Gasteiger partial charge in [-0.05, 0) is 35.9 Å². The standard InChI is InChI=1S/C17H17N5O/c1-21(17(23)14-6-8-19-16(18)11-14)12-13-4-2-5-15(10-13)22-9-3-7-20-22/h2-11H,12H2,1H3,(H2,18,19). The van der Waals surface area contributed by atoms with Gasteiger partial charge in [-0.1, -0.05) is 12.1 Å². The molecular formula is C17H17N5O. The van der Waals surface area contributed by atoms with Crippen molar-refractivity contribution in [3.8, 4) is 5.69 Å². The Balaban J connectivity index is 1.76. The molecule has 0 unspecified atom stereocenters. The highest BCUT2D eigenvalue weighted by Crippen LogP contribution is 2.13. The normalized spacial score (nSPS) is 10.5. The molecule has 0 bridgehead atoms. The van der Waals surface area contributed by atoms with Crippen LogP contribution in [-0.2, 0) is 6.54 Å². The third-order valence-corrected chi connectivity index (χ3v) is 3.47. The van der Waals surface area contributed by atoms with Gasteiger partial charge in [0.1, 0.15) is 5.82 Å². The zero-order valence-corrected chi connectivity index (χ0v) is 12.8. The summed E-state index contributed by atoms with van der Waals surface area (Å²) in [6.07, 6.45) is 5.15. The molecule has 3 rings (SSSR count). The molecule has 6 nitrogen and oxygen atoms in total. The zero-order chi connectivity index (χ0) is 16.2. The number of nitrogens with two attached hydrogens (primary N) is 1. The topological polar surface area (TPSA) is 77.0 Å². The van der Waals surface area contributed by atoms with Gasteiger partial charge in [-0.2, -0.15) is 5.10 Å². The quantitative estimate of drug-likeness (QED) is 0.801. The summed E-state index contributed by atoms with van der Waals surface area (Å²) in [5.41, 5.74) is 8.15. The lowest BCUT2D eigenvalue weighted by atomic mass is 10.1. The summed E-state index contributed by atoms with van der Waals surface area (Å²) >= 11 is 0. The van der Waals surface area contributed by atoms with E-state index < -0.39 is 0 Å². The second kappa shape index (κ2) is 6.31. The first-order valence-electron chi connectivity index (χ1n) is 7.19. The molecule has 2 aromatic heterocycles. The molecule has 0 atom stereocenters. The van der Waals surface area contributed by atoms with Crippen LogP contribution in [0.25, 0.3) is 5.69 Å². The first-order chi connectivity index (χ1) is 11.1. The minimum Gasteiger partial charge on any atom is -0.384 e. The number of aromatic nitrogens is 3. The maximum atomic E-state index is 12.4. The number of nitrogen functional groups attached to an aromatic ring is 1. The van der Waals surface area contributed by atoms with E-state index in [9.17, 15) is 4.79 Å². The van der Waals surface area contributed by atoms with Crippen LogP contribution in [-0.4, -0.2) is 32.6 Å². The van der Waals surface area contributed by atoms with Crippen LogP contribution < -0.4 is 5.73 Å². The van der Waals surface area contributed by atoms with Gasteiger partial charge in [-0.25, -0.2) is 9.67 Å². The van der Waals surface area contributed by atoms with E-state index in [1.54, 1.807) is 35.0 Å². The van der Waals surface area contributed by atoms with Crippen LogP contribution >= 0.6 is 0 Å². The average molecular weight is 307 g/mol. The van der Waals surface area contributed by atoms with E-state index in [1.165, 1.54) is 6.20 Å². The fourth-order valence-corrected chi connectivity index (χ4v) is 2.37. The molecule has 6 heteroatoms. The number of hydrogen-bond acceptors (Lipinski definition) is 4. The van der Waals surface area contributed by atoms with Gasteiger partial charge < -0.3 is 10.6 Å². The molecule has 0 aliphatic rings. The Morgan fingerprint density at radius 3 is 2.83 bits per heavy atom. The maximum absolute atomic E-state index is 12.4. The lowest BCUT2D eigenvalue weighted by Gasteiger charge is -2.18. The lowest BCUT2D eigenvalue weighted by Crippen LogP contribution is -2.26. The van der Waals surface area contributed by atoms with Gasteiger partial charge in [-0.3, -0.25) is 4.79 Å². The van der Waals surface area contributed by atoms with Crippen LogP contribution in [0.15, 0.2) is 61.1 Å². The SMILES string of the molecule is CN(Cc1cccc(-n2cccn2)c1)C(=O)c1ccnc(N)c1. The minimum atomic E-state index is -0.0939. The van der Waals surface area contributed by atoms with Crippen LogP contribution in [0, 0.1) is 0 Å². The molecule has 1 amide bonds. The Morgan fingerprint density at radius 1 is 1.22 bits per heavy atom. The Morgan fingerprint density at radius 2 is 2.09 bits per heavy atom. The third kappa shape index (κ3) is 3.37. The van der Waals surface area contributed by atoms with E-state index in [1.807, 2.05) is 36.5 Å². The third-order valence-electron chi connectivity index (χ3n) is 3.47. The fourth-order valence-electron chi connectivity index (χ4n) is 2.37. The van der Waals surface area contributed by atoms with E-state index in [-0.39, 0.29) is 5.91 Å². The van der Waals surface area contributed by atoms with E-state index in [0.717, 1.165) is 11.3 Å². The van der Waals surface area contributed by atoms with Crippen molar-refractivity contribution in [1.82, 2.24) is 19.7 Å². The molecule has 2 N–H and O–H groups in total. The summed E-state index contributed by atoms with van der Waals surface area (Å²) in [5, 5.41) is 4.21. The van der Waals surface area contributed by atoms with Crippen LogP contribution in [0.4, 0.5) is 5.82 Å². The smallest absolute Gasteiger partial charge is 0.254 e. The van der Waals surface area contributed by atoms with Gasteiger partial charge in [0.25, 0.3) is 5.91 Å². The molecule has 0 radical (unpaired) electrons. The van der Waals surface area contributed by atoms with Crippen LogP contribution in [0.2, 0.25) is 0 Å². The first kappa shape index (κ1) is 14.8. The number of pyridine rings is 1. The molecule has 0 aliphatic carbocycles. The van der Waals surface area contributed by atoms with Crippen molar-refractivity contribution in [3.05, 3.63) is 72.2 Å². The van der Waals surface area contributed by atoms with Crippen molar-refractivity contribution < 1.29 is 4.79 Å². The number of nitrogens with zero attached hydrogens (tertiary/aromatic N) is 4. The van der Waals surface area contributed by atoms with E-state index in [0.29, 0.717) is 17.9 Å². The van der Waals surface area contributed by atoms with Crippen molar-refractivity contribution in [2.24, 2.45) is 0 Å². The monoisotopic (exact) mass is 307 g/mol. The Bertz CT molecular complexity index is 813. The number of carbonyl (C=O) groups excluding carboxylic acids is 1. The summed E-state index contributed by atoms with van der Waals surface area (Å²) in [7, 11) is 1.76. The van der Waals surface area contributed by atoms with E-state index >= 15 is 0 Å². The predicted octanol–water partition coefficient (Wildman–Crippen LogP) is 2.12.